The van der Waals surface area contributed by atoms with E-state index in [-0.39, 0.29) is 27.8 Å². The van der Waals surface area contributed by atoms with Crippen LogP contribution in [0.1, 0.15) is 15.9 Å². The maximum atomic E-state index is 12.0. The van der Waals surface area contributed by atoms with Crippen molar-refractivity contribution in [3.8, 4) is 0 Å². The van der Waals surface area contributed by atoms with Crippen molar-refractivity contribution in [1.29, 1.82) is 0 Å². The van der Waals surface area contributed by atoms with Crippen LogP contribution in [-0.2, 0) is 16.1 Å². The average Bonchev–Trinajstić information content (AvgIpc) is 2.55. The summed E-state index contributed by atoms with van der Waals surface area (Å²) in [4.78, 5) is 23.7. The monoisotopic (exact) mass is 386 g/mol. The number of halogens is 3. The van der Waals surface area contributed by atoms with E-state index < -0.39 is 18.5 Å². The summed E-state index contributed by atoms with van der Waals surface area (Å²) in [6, 6.07) is 9.82. The number of carbonyl (C=O) groups is 2. The van der Waals surface area contributed by atoms with Gasteiger partial charge < -0.3 is 15.8 Å². The van der Waals surface area contributed by atoms with Crippen molar-refractivity contribution in [2.24, 2.45) is 0 Å². The lowest BCUT2D eigenvalue weighted by molar-refractivity contribution is -0.124. The zero-order valence-corrected chi connectivity index (χ0v) is 14.6. The number of esters is 1. The summed E-state index contributed by atoms with van der Waals surface area (Å²) < 4.78 is 4.92. The smallest absolute Gasteiger partial charge is 0.340 e. The summed E-state index contributed by atoms with van der Waals surface area (Å²) in [6.45, 7) is -0.242. The molecular formula is C16H13Cl3N2O3. The molecular weight excluding hydrogens is 375 g/mol. The standard InChI is InChI=1S/C16H13Cl3N2O3/c17-10-5-11(15(20)13(19)6-10)16(23)24-8-14(22)21-7-9-3-1-2-4-12(9)18/h1-6H,7-8,20H2,(H,21,22). The van der Waals surface area contributed by atoms with Gasteiger partial charge in [0.1, 0.15) is 0 Å². The van der Waals surface area contributed by atoms with Crippen molar-refractivity contribution in [3.63, 3.8) is 0 Å². The lowest BCUT2D eigenvalue weighted by Crippen LogP contribution is -2.28. The molecule has 5 nitrogen and oxygen atoms in total. The fourth-order valence-corrected chi connectivity index (χ4v) is 2.55. The maximum Gasteiger partial charge on any atom is 0.340 e. The van der Waals surface area contributed by atoms with Gasteiger partial charge in [0.2, 0.25) is 0 Å². The number of hydrogen-bond acceptors (Lipinski definition) is 4. The normalized spacial score (nSPS) is 10.3. The highest BCUT2D eigenvalue weighted by molar-refractivity contribution is 6.37. The number of nitrogens with one attached hydrogen (secondary N) is 1. The lowest BCUT2D eigenvalue weighted by Gasteiger charge is -2.10. The van der Waals surface area contributed by atoms with Crippen molar-refractivity contribution in [1.82, 2.24) is 5.32 Å². The molecule has 0 heterocycles. The molecule has 0 aliphatic rings. The topological polar surface area (TPSA) is 81.4 Å². The minimum absolute atomic E-state index is 0.00593. The molecule has 0 radical (unpaired) electrons. The van der Waals surface area contributed by atoms with Gasteiger partial charge in [-0.1, -0.05) is 53.0 Å². The van der Waals surface area contributed by atoms with Crippen LogP contribution >= 0.6 is 34.8 Å². The molecule has 3 N–H and O–H groups in total. The molecule has 0 atom stereocenters. The molecule has 0 bridgehead atoms. The van der Waals surface area contributed by atoms with Gasteiger partial charge in [0.05, 0.1) is 16.3 Å². The second kappa shape index (κ2) is 8.24. The zero-order chi connectivity index (χ0) is 17.7. The van der Waals surface area contributed by atoms with Crippen molar-refractivity contribution < 1.29 is 14.3 Å². The van der Waals surface area contributed by atoms with Crippen LogP contribution in [0.2, 0.25) is 15.1 Å². The van der Waals surface area contributed by atoms with Gasteiger partial charge in [0.15, 0.2) is 6.61 Å². The van der Waals surface area contributed by atoms with Gasteiger partial charge in [-0.2, -0.15) is 0 Å². The van der Waals surface area contributed by atoms with Crippen LogP contribution in [0, 0.1) is 0 Å². The van der Waals surface area contributed by atoms with Crippen LogP contribution in [-0.4, -0.2) is 18.5 Å². The Kier molecular flexibility index (Phi) is 6.31. The fourth-order valence-electron chi connectivity index (χ4n) is 1.85. The van der Waals surface area contributed by atoms with Crippen molar-refractivity contribution in [3.05, 3.63) is 62.6 Å². The quantitative estimate of drug-likeness (QED) is 0.605. The lowest BCUT2D eigenvalue weighted by atomic mass is 10.2. The van der Waals surface area contributed by atoms with E-state index in [2.05, 4.69) is 5.32 Å². The van der Waals surface area contributed by atoms with E-state index in [1.54, 1.807) is 24.3 Å². The van der Waals surface area contributed by atoms with E-state index in [9.17, 15) is 9.59 Å². The highest BCUT2D eigenvalue weighted by Crippen LogP contribution is 2.28. The molecule has 0 aliphatic heterocycles. The molecule has 0 unspecified atom stereocenters. The molecule has 0 spiro atoms. The third-order valence-electron chi connectivity index (χ3n) is 3.08. The highest BCUT2D eigenvalue weighted by atomic mass is 35.5. The van der Waals surface area contributed by atoms with Gasteiger partial charge in [0.25, 0.3) is 5.91 Å². The Balaban J connectivity index is 1.90. The van der Waals surface area contributed by atoms with E-state index >= 15 is 0 Å². The van der Waals surface area contributed by atoms with Crippen molar-refractivity contribution in [2.45, 2.75) is 6.54 Å². The SMILES string of the molecule is Nc1c(Cl)cc(Cl)cc1C(=O)OCC(=O)NCc1ccccc1Cl. The number of anilines is 1. The first-order valence-electron chi connectivity index (χ1n) is 6.80. The molecule has 8 heteroatoms. The Morgan fingerprint density at radius 2 is 1.79 bits per heavy atom. The van der Waals surface area contributed by atoms with Crippen molar-refractivity contribution >= 4 is 52.4 Å². The molecule has 0 saturated carbocycles. The Bertz CT molecular complexity index is 781. The van der Waals surface area contributed by atoms with Gasteiger partial charge in [-0.25, -0.2) is 4.79 Å². The van der Waals surface area contributed by atoms with E-state index in [0.717, 1.165) is 5.56 Å². The third-order valence-corrected chi connectivity index (χ3v) is 3.98. The molecule has 2 aromatic carbocycles. The number of carbonyl (C=O) groups excluding carboxylic acids is 2. The number of benzene rings is 2. The van der Waals surface area contributed by atoms with Crippen LogP contribution in [0.3, 0.4) is 0 Å². The first-order valence-corrected chi connectivity index (χ1v) is 7.93. The molecule has 0 fully saturated rings. The first kappa shape index (κ1) is 18.4. The summed E-state index contributed by atoms with van der Waals surface area (Å²) in [5, 5.41) is 3.51. The molecule has 0 aromatic heterocycles. The number of ether oxygens (including phenoxy) is 1. The second-order valence-electron chi connectivity index (χ2n) is 4.79. The Morgan fingerprint density at radius 3 is 2.50 bits per heavy atom. The Morgan fingerprint density at radius 1 is 1.08 bits per heavy atom. The van der Waals surface area contributed by atoms with Crippen LogP contribution < -0.4 is 11.1 Å². The van der Waals surface area contributed by atoms with E-state index in [1.165, 1.54) is 12.1 Å². The van der Waals surface area contributed by atoms with Gasteiger partial charge in [-0.05, 0) is 23.8 Å². The average molecular weight is 388 g/mol. The van der Waals surface area contributed by atoms with Gasteiger partial charge in [0, 0.05) is 16.6 Å². The van der Waals surface area contributed by atoms with Gasteiger partial charge in [-0.3, -0.25) is 4.79 Å². The number of amides is 1. The number of hydrogen-bond donors (Lipinski definition) is 2. The van der Waals surface area contributed by atoms with Crippen LogP contribution in [0.4, 0.5) is 5.69 Å². The van der Waals surface area contributed by atoms with Crippen LogP contribution in [0.15, 0.2) is 36.4 Å². The largest absolute Gasteiger partial charge is 0.452 e. The molecule has 126 valence electrons. The number of nitrogens with two attached hydrogens (primary N) is 1. The second-order valence-corrected chi connectivity index (χ2v) is 6.04. The zero-order valence-electron chi connectivity index (χ0n) is 12.3. The molecule has 1 amide bonds. The summed E-state index contributed by atoms with van der Waals surface area (Å²) in [5.74, 6) is -1.26. The molecule has 2 aromatic rings. The minimum Gasteiger partial charge on any atom is -0.452 e. The predicted molar refractivity (Wildman–Crippen MR) is 94.5 cm³/mol. The molecule has 2 rings (SSSR count). The minimum atomic E-state index is -0.787. The summed E-state index contributed by atoms with van der Waals surface area (Å²) in [6.07, 6.45) is 0. The van der Waals surface area contributed by atoms with E-state index in [0.29, 0.717) is 5.02 Å². The number of rotatable bonds is 5. The number of nitrogen functional groups attached to an aromatic ring is 1. The first-order chi connectivity index (χ1) is 11.4. The predicted octanol–water partition coefficient (Wildman–Crippen LogP) is 3.70. The fraction of sp³-hybridized carbons (Fsp3) is 0.125. The molecule has 24 heavy (non-hydrogen) atoms. The van der Waals surface area contributed by atoms with E-state index in [4.69, 9.17) is 45.3 Å². The third kappa shape index (κ3) is 4.77. The molecule has 0 aliphatic carbocycles. The van der Waals surface area contributed by atoms with Gasteiger partial charge >= 0.3 is 5.97 Å². The maximum absolute atomic E-state index is 12.0. The summed E-state index contributed by atoms with van der Waals surface area (Å²) >= 11 is 17.7. The highest BCUT2D eigenvalue weighted by Gasteiger charge is 2.16. The molecule has 0 saturated heterocycles. The van der Waals surface area contributed by atoms with Gasteiger partial charge in [-0.15, -0.1) is 0 Å². The van der Waals surface area contributed by atoms with Crippen LogP contribution in [0.25, 0.3) is 0 Å². The Hall–Kier alpha value is -1.95. The van der Waals surface area contributed by atoms with Crippen molar-refractivity contribution in [2.75, 3.05) is 12.3 Å². The van der Waals surface area contributed by atoms with E-state index in [1.807, 2.05) is 0 Å². The Labute approximate surface area is 153 Å². The summed E-state index contributed by atoms with van der Waals surface area (Å²) in [5.41, 5.74) is 6.51. The van der Waals surface area contributed by atoms with Crippen LogP contribution in [0.5, 0.6) is 0 Å². The summed E-state index contributed by atoms with van der Waals surface area (Å²) in [7, 11) is 0.